The topological polar surface area (TPSA) is 51.8 Å². The van der Waals surface area contributed by atoms with Crippen molar-refractivity contribution in [3.63, 3.8) is 0 Å². The summed E-state index contributed by atoms with van der Waals surface area (Å²) in [4.78, 5) is 14.9. The van der Waals surface area contributed by atoms with Crippen molar-refractivity contribution in [3.05, 3.63) is 164 Å². The highest BCUT2D eigenvalue weighted by Gasteiger charge is 2.18. The van der Waals surface area contributed by atoms with Gasteiger partial charge in [-0.25, -0.2) is 15.0 Å². The lowest BCUT2D eigenvalue weighted by Gasteiger charge is -2.12. The van der Waals surface area contributed by atoms with E-state index in [1.54, 1.807) is 0 Å². The van der Waals surface area contributed by atoms with Crippen LogP contribution in [0.5, 0.6) is 0 Å². The number of fused-ring (bicyclic) bond motifs is 4. The molecule has 2 heterocycles. The number of para-hydroxylation sites is 1. The summed E-state index contributed by atoms with van der Waals surface area (Å²) >= 11 is 0. The summed E-state index contributed by atoms with van der Waals surface area (Å²) in [5.41, 5.74) is 8.95. The summed E-state index contributed by atoms with van der Waals surface area (Å²) in [7, 11) is 0. The fourth-order valence-corrected chi connectivity index (χ4v) is 6.37. The van der Waals surface area contributed by atoms with Crippen molar-refractivity contribution < 1.29 is 4.42 Å². The Morgan fingerprint density at radius 2 is 0.851 bits per heavy atom. The molecule has 0 unspecified atom stereocenters. The maximum absolute atomic E-state index is 6.49. The molecule has 220 valence electrons. The molecule has 47 heavy (non-hydrogen) atoms. The quantitative estimate of drug-likeness (QED) is 0.197. The smallest absolute Gasteiger partial charge is 0.164 e. The van der Waals surface area contributed by atoms with Crippen LogP contribution in [-0.4, -0.2) is 15.0 Å². The van der Waals surface area contributed by atoms with Gasteiger partial charge in [-0.05, 0) is 63.4 Å². The van der Waals surface area contributed by atoms with E-state index in [2.05, 4.69) is 84.9 Å². The van der Waals surface area contributed by atoms with Gasteiger partial charge in [0.25, 0.3) is 0 Å². The molecule has 0 aliphatic carbocycles. The highest BCUT2D eigenvalue weighted by molar-refractivity contribution is 6.14. The molecule has 0 aliphatic rings. The van der Waals surface area contributed by atoms with E-state index in [-0.39, 0.29) is 0 Å². The van der Waals surface area contributed by atoms with Crippen molar-refractivity contribution >= 4 is 32.7 Å². The summed E-state index contributed by atoms with van der Waals surface area (Å²) in [5, 5.41) is 4.52. The average molecular weight is 602 g/mol. The summed E-state index contributed by atoms with van der Waals surface area (Å²) in [5.74, 6) is 1.84. The van der Waals surface area contributed by atoms with Crippen molar-refractivity contribution in [2.45, 2.75) is 0 Å². The van der Waals surface area contributed by atoms with Gasteiger partial charge in [0, 0.05) is 27.5 Å². The van der Waals surface area contributed by atoms with Crippen molar-refractivity contribution in [2.75, 3.05) is 0 Å². The SMILES string of the molecule is c1ccc(-c2ccc3cc(-c4cc(-c5nc(-c6ccccc6)nc(-c6ccccc6)n5)cc5oc6ccccc6c45)ccc3c2)cc1. The maximum atomic E-state index is 6.49. The number of nitrogens with zero attached hydrogens (tertiary/aromatic N) is 3. The highest BCUT2D eigenvalue weighted by atomic mass is 16.3. The van der Waals surface area contributed by atoms with Crippen molar-refractivity contribution in [2.24, 2.45) is 0 Å². The standard InChI is InChI=1S/C43H27N3O/c1-4-12-28(13-5-1)31-20-21-33-25-34(23-22-32(33)24-31)37-26-35(27-39-40(37)36-18-10-11-19-38(36)47-39)43-45-41(29-14-6-2-7-15-29)44-42(46-43)30-16-8-3-9-17-30/h1-27H. The van der Waals surface area contributed by atoms with Crippen LogP contribution < -0.4 is 0 Å². The molecule has 0 saturated carbocycles. The molecule has 4 heteroatoms. The van der Waals surface area contributed by atoms with E-state index in [1.807, 2.05) is 78.9 Å². The first-order valence-corrected chi connectivity index (χ1v) is 15.7. The van der Waals surface area contributed by atoms with Gasteiger partial charge in [0.15, 0.2) is 17.5 Å². The molecule has 0 fully saturated rings. The Morgan fingerprint density at radius 1 is 0.340 bits per heavy atom. The second kappa shape index (κ2) is 11.2. The number of rotatable bonds is 5. The number of hydrogen-bond donors (Lipinski definition) is 0. The van der Waals surface area contributed by atoms with Crippen LogP contribution in [0.1, 0.15) is 0 Å². The molecule has 0 aliphatic heterocycles. The van der Waals surface area contributed by atoms with Gasteiger partial charge < -0.3 is 4.42 Å². The van der Waals surface area contributed by atoms with E-state index in [0.717, 1.165) is 49.8 Å². The minimum absolute atomic E-state index is 0.592. The van der Waals surface area contributed by atoms with Gasteiger partial charge in [-0.15, -0.1) is 0 Å². The molecule has 0 radical (unpaired) electrons. The van der Waals surface area contributed by atoms with E-state index in [1.165, 1.54) is 21.9 Å². The first kappa shape index (κ1) is 27.0. The third-order valence-corrected chi connectivity index (χ3v) is 8.69. The van der Waals surface area contributed by atoms with Gasteiger partial charge in [0.05, 0.1) is 0 Å². The van der Waals surface area contributed by atoms with Crippen LogP contribution in [0.25, 0.3) is 89.1 Å². The highest BCUT2D eigenvalue weighted by Crippen LogP contribution is 2.41. The van der Waals surface area contributed by atoms with E-state index >= 15 is 0 Å². The lowest BCUT2D eigenvalue weighted by Crippen LogP contribution is -2.00. The lowest BCUT2D eigenvalue weighted by atomic mass is 9.94. The molecular weight excluding hydrogens is 574 g/mol. The monoisotopic (exact) mass is 601 g/mol. The van der Waals surface area contributed by atoms with Gasteiger partial charge >= 0.3 is 0 Å². The second-order valence-electron chi connectivity index (χ2n) is 11.7. The van der Waals surface area contributed by atoms with Crippen LogP contribution in [0.4, 0.5) is 0 Å². The fourth-order valence-electron chi connectivity index (χ4n) is 6.37. The number of hydrogen-bond acceptors (Lipinski definition) is 4. The summed E-state index contributed by atoms with van der Waals surface area (Å²) in [6, 6.07) is 56.4. The number of furan rings is 1. The molecule has 4 nitrogen and oxygen atoms in total. The maximum Gasteiger partial charge on any atom is 0.164 e. The van der Waals surface area contributed by atoms with Crippen molar-refractivity contribution in [1.29, 1.82) is 0 Å². The van der Waals surface area contributed by atoms with Crippen LogP contribution in [0.2, 0.25) is 0 Å². The third kappa shape index (κ3) is 4.93. The minimum atomic E-state index is 0.592. The number of aromatic nitrogens is 3. The van der Waals surface area contributed by atoms with E-state index in [0.29, 0.717) is 17.5 Å². The summed E-state index contributed by atoms with van der Waals surface area (Å²) in [6.07, 6.45) is 0. The molecule has 0 bridgehead atoms. The number of benzene rings is 7. The Labute approximate surface area is 271 Å². The second-order valence-corrected chi connectivity index (χ2v) is 11.7. The largest absolute Gasteiger partial charge is 0.456 e. The Kier molecular flexibility index (Phi) is 6.43. The first-order valence-electron chi connectivity index (χ1n) is 15.7. The Bertz CT molecular complexity index is 2500. The summed E-state index contributed by atoms with van der Waals surface area (Å²) in [6.45, 7) is 0. The Hall–Kier alpha value is -6.39. The molecular formula is C43H27N3O. The van der Waals surface area contributed by atoms with E-state index < -0.39 is 0 Å². The summed E-state index contributed by atoms with van der Waals surface area (Å²) < 4.78 is 6.49. The van der Waals surface area contributed by atoms with Crippen LogP contribution in [0, 0.1) is 0 Å². The molecule has 9 aromatic rings. The predicted molar refractivity (Wildman–Crippen MR) is 192 cm³/mol. The zero-order valence-electron chi connectivity index (χ0n) is 25.3. The van der Waals surface area contributed by atoms with Gasteiger partial charge in [0.1, 0.15) is 11.2 Å². The average Bonchev–Trinajstić information content (AvgIpc) is 3.53. The molecule has 0 atom stereocenters. The molecule has 2 aromatic heterocycles. The molecule has 0 amide bonds. The van der Waals surface area contributed by atoms with E-state index in [9.17, 15) is 0 Å². The van der Waals surface area contributed by atoms with Crippen molar-refractivity contribution in [3.8, 4) is 56.4 Å². The van der Waals surface area contributed by atoms with Crippen LogP contribution >= 0.6 is 0 Å². The Balaban J connectivity index is 1.26. The van der Waals surface area contributed by atoms with Crippen LogP contribution in [-0.2, 0) is 0 Å². The fraction of sp³-hybridized carbons (Fsp3) is 0. The Morgan fingerprint density at radius 3 is 1.49 bits per heavy atom. The first-order chi connectivity index (χ1) is 23.3. The lowest BCUT2D eigenvalue weighted by molar-refractivity contribution is 0.669. The predicted octanol–water partition coefficient (Wildman–Crippen LogP) is 11.3. The normalized spacial score (nSPS) is 11.4. The van der Waals surface area contributed by atoms with Crippen LogP contribution in [0.15, 0.2) is 168 Å². The molecule has 0 saturated heterocycles. The zero-order chi connectivity index (χ0) is 31.2. The van der Waals surface area contributed by atoms with Gasteiger partial charge in [0.2, 0.25) is 0 Å². The van der Waals surface area contributed by atoms with E-state index in [4.69, 9.17) is 19.4 Å². The molecule has 0 N–H and O–H groups in total. The molecule has 0 spiro atoms. The third-order valence-electron chi connectivity index (χ3n) is 8.69. The van der Waals surface area contributed by atoms with Gasteiger partial charge in [-0.2, -0.15) is 0 Å². The van der Waals surface area contributed by atoms with Crippen molar-refractivity contribution in [1.82, 2.24) is 15.0 Å². The molecule has 9 rings (SSSR count). The van der Waals surface area contributed by atoms with Crippen LogP contribution in [0.3, 0.4) is 0 Å². The van der Waals surface area contributed by atoms with Gasteiger partial charge in [-0.3, -0.25) is 0 Å². The zero-order valence-corrected chi connectivity index (χ0v) is 25.3. The van der Waals surface area contributed by atoms with Gasteiger partial charge in [-0.1, -0.05) is 133 Å². The minimum Gasteiger partial charge on any atom is -0.456 e. The molecule has 7 aromatic carbocycles.